The van der Waals surface area contributed by atoms with Crippen LogP contribution < -0.4 is 10.5 Å². The number of hydrogen-bond donors (Lipinski definition) is 3. The third-order valence-corrected chi connectivity index (χ3v) is 2.66. The number of benzene rings is 1. The number of nitrogens with zero attached hydrogens (tertiary/aromatic N) is 2. The fourth-order valence-electron chi connectivity index (χ4n) is 1.63. The van der Waals surface area contributed by atoms with Crippen LogP contribution in [0.25, 0.3) is 0 Å². The highest BCUT2D eigenvalue weighted by molar-refractivity contribution is 6.01. The first kappa shape index (κ1) is 14.3. The molecule has 0 atom stereocenters. The number of nitrogens with two attached hydrogens (primary N) is 1. The summed E-state index contributed by atoms with van der Waals surface area (Å²) in [4.78, 5) is 14.9. The molecule has 0 unspecified atom stereocenters. The first-order valence-corrected chi connectivity index (χ1v) is 5.99. The molecule has 2 rings (SSSR count). The average molecular weight is 287 g/mol. The maximum Gasteiger partial charge on any atom is 0.335 e. The zero-order chi connectivity index (χ0) is 15.2. The molecule has 0 aliphatic heterocycles. The van der Waals surface area contributed by atoms with Gasteiger partial charge in [0, 0.05) is 18.0 Å². The first-order valence-electron chi connectivity index (χ1n) is 5.99. The number of nitrogen functional groups attached to an aromatic ring is 1. The van der Waals surface area contributed by atoms with Crippen LogP contribution >= 0.6 is 0 Å². The van der Waals surface area contributed by atoms with Gasteiger partial charge in [-0.05, 0) is 24.3 Å². The van der Waals surface area contributed by atoms with Crippen molar-refractivity contribution in [1.29, 1.82) is 0 Å². The Morgan fingerprint density at radius 2 is 2.14 bits per heavy atom. The lowest BCUT2D eigenvalue weighted by Gasteiger charge is -2.08. The topological polar surface area (TPSA) is 118 Å². The summed E-state index contributed by atoms with van der Waals surface area (Å²) in [6.45, 7) is -0.0734. The number of hydrogen-bond acceptors (Lipinski definition) is 6. The van der Waals surface area contributed by atoms with Gasteiger partial charge in [-0.1, -0.05) is 11.2 Å². The SMILES string of the molecule is Nc1cccc(OC/C(=N\O)c2cc(C(=O)O)ccn2)c1. The second kappa shape index (κ2) is 6.38. The van der Waals surface area contributed by atoms with Gasteiger partial charge in [-0.15, -0.1) is 0 Å². The molecule has 108 valence electrons. The zero-order valence-corrected chi connectivity index (χ0v) is 10.9. The molecular weight excluding hydrogens is 274 g/mol. The standard InChI is InChI=1S/C14H13N3O4/c15-10-2-1-3-11(7-10)21-8-13(17-20)12-6-9(14(18)19)4-5-16-12/h1-7,20H,8,15H2,(H,18,19)/b17-13+. The normalized spacial score (nSPS) is 11.1. The van der Waals surface area contributed by atoms with E-state index in [0.717, 1.165) is 0 Å². The molecule has 1 heterocycles. The minimum absolute atomic E-state index is 0.0464. The summed E-state index contributed by atoms with van der Waals surface area (Å²) in [5, 5.41) is 21.1. The number of oxime groups is 1. The predicted molar refractivity (Wildman–Crippen MR) is 75.9 cm³/mol. The van der Waals surface area contributed by atoms with Crippen LogP contribution in [0.3, 0.4) is 0 Å². The number of aromatic nitrogens is 1. The number of carbonyl (C=O) groups is 1. The van der Waals surface area contributed by atoms with E-state index in [2.05, 4.69) is 10.1 Å². The third-order valence-electron chi connectivity index (χ3n) is 2.66. The lowest BCUT2D eigenvalue weighted by atomic mass is 10.2. The van der Waals surface area contributed by atoms with Crippen LogP contribution in [-0.2, 0) is 0 Å². The molecule has 7 nitrogen and oxygen atoms in total. The highest BCUT2D eigenvalue weighted by Crippen LogP contribution is 2.15. The van der Waals surface area contributed by atoms with Crippen LogP contribution in [0, 0.1) is 0 Å². The van der Waals surface area contributed by atoms with Crippen LogP contribution in [0.4, 0.5) is 5.69 Å². The van der Waals surface area contributed by atoms with Gasteiger partial charge in [0.25, 0.3) is 0 Å². The molecule has 0 saturated heterocycles. The monoisotopic (exact) mass is 287 g/mol. The molecule has 7 heteroatoms. The van der Waals surface area contributed by atoms with E-state index in [9.17, 15) is 4.79 Å². The Morgan fingerprint density at radius 1 is 1.33 bits per heavy atom. The summed E-state index contributed by atoms with van der Waals surface area (Å²) in [6.07, 6.45) is 1.32. The van der Waals surface area contributed by atoms with Crippen LogP contribution in [0.2, 0.25) is 0 Å². The fourth-order valence-corrected chi connectivity index (χ4v) is 1.63. The Morgan fingerprint density at radius 3 is 2.81 bits per heavy atom. The number of pyridine rings is 1. The van der Waals surface area contributed by atoms with Crippen molar-refractivity contribution >= 4 is 17.4 Å². The Labute approximate surface area is 120 Å². The molecule has 0 fully saturated rings. The molecular formula is C14H13N3O4. The molecule has 21 heavy (non-hydrogen) atoms. The maximum absolute atomic E-state index is 10.9. The van der Waals surface area contributed by atoms with Gasteiger partial charge in [-0.25, -0.2) is 4.79 Å². The lowest BCUT2D eigenvalue weighted by Crippen LogP contribution is -2.15. The van der Waals surface area contributed by atoms with E-state index in [1.807, 2.05) is 0 Å². The Kier molecular flexibility index (Phi) is 4.35. The van der Waals surface area contributed by atoms with E-state index in [1.54, 1.807) is 24.3 Å². The molecule has 1 aromatic heterocycles. The van der Waals surface area contributed by atoms with E-state index in [4.69, 9.17) is 20.8 Å². The predicted octanol–water partition coefficient (Wildman–Crippen LogP) is 1.62. The van der Waals surface area contributed by atoms with E-state index in [0.29, 0.717) is 11.4 Å². The summed E-state index contributed by atoms with van der Waals surface area (Å²) in [5.74, 6) is -0.585. The van der Waals surface area contributed by atoms with Gasteiger partial charge >= 0.3 is 5.97 Å². The average Bonchev–Trinajstić information content (AvgIpc) is 2.48. The number of aromatic carboxylic acids is 1. The summed E-state index contributed by atoms with van der Waals surface area (Å²) < 4.78 is 5.44. The van der Waals surface area contributed by atoms with Crippen molar-refractivity contribution in [2.75, 3.05) is 12.3 Å². The van der Waals surface area contributed by atoms with Crippen LogP contribution in [0.1, 0.15) is 16.1 Å². The van der Waals surface area contributed by atoms with Crippen LogP contribution in [-0.4, -0.2) is 33.6 Å². The van der Waals surface area contributed by atoms with E-state index in [-0.39, 0.29) is 23.6 Å². The van der Waals surface area contributed by atoms with Crippen molar-refractivity contribution in [3.63, 3.8) is 0 Å². The molecule has 0 spiro atoms. The minimum atomic E-state index is -1.09. The van der Waals surface area contributed by atoms with Crippen molar-refractivity contribution in [2.45, 2.75) is 0 Å². The van der Waals surface area contributed by atoms with Crippen molar-refractivity contribution in [1.82, 2.24) is 4.98 Å². The molecule has 0 bridgehead atoms. The smallest absolute Gasteiger partial charge is 0.335 e. The third kappa shape index (κ3) is 3.69. The summed E-state index contributed by atoms with van der Waals surface area (Å²) in [5.41, 5.74) is 6.55. The van der Waals surface area contributed by atoms with Gasteiger partial charge in [-0.2, -0.15) is 0 Å². The van der Waals surface area contributed by atoms with Crippen molar-refractivity contribution in [3.8, 4) is 5.75 Å². The summed E-state index contributed by atoms with van der Waals surface area (Å²) >= 11 is 0. The zero-order valence-electron chi connectivity index (χ0n) is 10.9. The number of anilines is 1. The maximum atomic E-state index is 10.9. The largest absolute Gasteiger partial charge is 0.487 e. The Balaban J connectivity index is 2.14. The second-order valence-electron chi connectivity index (χ2n) is 4.14. The lowest BCUT2D eigenvalue weighted by molar-refractivity contribution is 0.0696. The molecule has 2 aromatic rings. The van der Waals surface area contributed by atoms with Gasteiger partial charge in [0.1, 0.15) is 18.1 Å². The summed E-state index contributed by atoms with van der Waals surface area (Å²) in [6, 6.07) is 9.41. The molecule has 4 N–H and O–H groups in total. The molecule has 0 aliphatic rings. The van der Waals surface area contributed by atoms with E-state index in [1.165, 1.54) is 18.3 Å². The van der Waals surface area contributed by atoms with Gasteiger partial charge in [-0.3, -0.25) is 4.98 Å². The van der Waals surface area contributed by atoms with E-state index >= 15 is 0 Å². The Bertz CT molecular complexity index is 685. The Hall–Kier alpha value is -3.09. The van der Waals surface area contributed by atoms with Crippen molar-refractivity contribution in [3.05, 3.63) is 53.9 Å². The number of carboxylic acid groups (broad SMARTS) is 1. The van der Waals surface area contributed by atoms with E-state index < -0.39 is 5.97 Å². The molecule has 0 aliphatic carbocycles. The number of rotatable bonds is 5. The quantitative estimate of drug-likeness (QED) is 0.333. The van der Waals surface area contributed by atoms with Crippen molar-refractivity contribution < 1.29 is 19.8 Å². The molecule has 0 saturated carbocycles. The van der Waals surface area contributed by atoms with Gasteiger partial charge in [0.2, 0.25) is 0 Å². The van der Waals surface area contributed by atoms with Gasteiger partial charge in [0.05, 0.1) is 11.3 Å². The van der Waals surface area contributed by atoms with Crippen LogP contribution in [0.5, 0.6) is 5.75 Å². The van der Waals surface area contributed by atoms with Gasteiger partial charge in [0.15, 0.2) is 0 Å². The van der Waals surface area contributed by atoms with Gasteiger partial charge < -0.3 is 20.8 Å². The first-order chi connectivity index (χ1) is 10.1. The summed E-state index contributed by atoms with van der Waals surface area (Å²) in [7, 11) is 0. The number of carboxylic acids is 1. The number of ether oxygens (including phenoxy) is 1. The highest BCUT2D eigenvalue weighted by atomic mass is 16.5. The fraction of sp³-hybridized carbons (Fsp3) is 0.0714. The van der Waals surface area contributed by atoms with Crippen molar-refractivity contribution in [2.24, 2.45) is 5.16 Å². The van der Waals surface area contributed by atoms with Crippen LogP contribution in [0.15, 0.2) is 47.8 Å². The molecule has 0 radical (unpaired) electrons. The highest BCUT2D eigenvalue weighted by Gasteiger charge is 2.11. The molecule has 0 amide bonds. The second-order valence-corrected chi connectivity index (χ2v) is 4.14. The minimum Gasteiger partial charge on any atom is -0.487 e. The molecule has 1 aromatic carbocycles.